The van der Waals surface area contributed by atoms with Gasteiger partial charge in [-0.3, -0.25) is 19.7 Å². The Labute approximate surface area is 158 Å². The minimum atomic E-state index is -4.79. The Kier molecular flexibility index (Phi) is 6.89. The highest BCUT2D eigenvalue weighted by molar-refractivity contribution is 6.09. The maximum absolute atomic E-state index is 12.7. The number of alkyl halides is 3. The molecular weight excluding hydrogens is 377 g/mol. The maximum atomic E-state index is 12.7. The Morgan fingerprint density at radius 1 is 0.929 bits per heavy atom. The van der Waals surface area contributed by atoms with Crippen LogP contribution in [0.2, 0.25) is 0 Å². The molecule has 3 N–H and O–H groups in total. The van der Waals surface area contributed by atoms with E-state index in [4.69, 9.17) is 5.11 Å². The van der Waals surface area contributed by atoms with Gasteiger partial charge in [-0.2, -0.15) is 13.2 Å². The van der Waals surface area contributed by atoms with Crippen LogP contribution in [0.1, 0.15) is 22.3 Å². The SMILES string of the molecule is O=C(O)CC(NCC(=O)Nc1ccc(C(=O)c2ccccc2)cc1)C(F)(F)F. The number of aliphatic carboxylic acids is 1. The zero-order valence-electron chi connectivity index (χ0n) is 14.5. The quantitative estimate of drug-likeness (QED) is 0.599. The van der Waals surface area contributed by atoms with Crippen molar-refractivity contribution in [3.63, 3.8) is 0 Å². The highest BCUT2D eigenvalue weighted by Gasteiger charge is 2.40. The van der Waals surface area contributed by atoms with Crippen molar-refractivity contribution in [2.24, 2.45) is 0 Å². The van der Waals surface area contributed by atoms with Crippen molar-refractivity contribution in [3.8, 4) is 0 Å². The molecule has 9 heteroatoms. The molecule has 148 valence electrons. The standard InChI is InChI=1S/C19H17F3N2O4/c20-19(21,22)15(10-17(26)27)23-11-16(25)24-14-8-6-13(7-9-14)18(28)12-4-2-1-3-5-12/h1-9,15,23H,10-11H2,(H,24,25)(H,26,27). The van der Waals surface area contributed by atoms with Crippen LogP contribution in [0.15, 0.2) is 54.6 Å². The lowest BCUT2D eigenvalue weighted by atomic mass is 10.0. The van der Waals surface area contributed by atoms with Crippen molar-refractivity contribution in [2.45, 2.75) is 18.6 Å². The molecule has 0 bridgehead atoms. The van der Waals surface area contributed by atoms with Crippen molar-refractivity contribution < 1.29 is 32.7 Å². The van der Waals surface area contributed by atoms with Crippen LogP contribution < -0.4 is 10.6 Å². The second-order valence-electron chi connectivity index (χ2n) is 5.89. The molecule has 0 fully saturated rings. The van der Waals surface area contributed by atoms with Crippen molar-refractivity contribution >= 4 is 23.3 Å². The zero-order chi connectivity index (χ0) is 20.7. The molecule has 0 heterocycles. The molecule has 28 heavy (non-hydrogen) atoms. The van der Waals surface area contributed by atoms with Gasteiger partial charge in [-0.15, -0.1) is 0 Å². The zero-order valence-corrected chi connectivity index (χ0v) is 14.5. The van der Waals surface area contributed by atoms with Gasteiger partial charge >= 0.3 is 12.1 Å². The van der Waals surface area contributed by atoms with E-state index in [-0.39, 0.29) is 5.78 Å². The molecule has 1 unspecified atom stereocenters. The van der Waals surface area contributed by atoms with E-state index in [0.717, 1.165) is 0 Å². The Morgan fingerprint density at radius 3 is 2.04 bits per heavy atom. The van der Waals surface area contributed by atoms with Crippen LogP contribution in [0, 0.1) is 0 Å². The van der Waals surface area contributed by atoms with E-state index in [2.05, 4.69) is 5.32 Å². The molecule has 0 aromatic heterocycles. The molecule has 0 spiro atoms. The molecule has 0 radical (unpaired) electrons. The first kappa shape index (κ1) is 21.1. The number of rotatable bonds is 8. The van der Waals surface area contributed by atoms with Gasteiger partial charge < -0.3 is 10.4 Å². The number of amides is 1. The number of hydrogen-bond donors (Lipinski definition) is 3. The number of carbonyl (C=O) groups is 3. The highest BCUT2D eigenvalue weighted by Crippen LogP contribution is 2.22. The molecule has 6 nitrogen and oxygen atoms in total. The summed E-state index contributed by atoms with van der Waals surface area (Å²) in [6.45, 7) is -0.720. The van der Waals surface area contributed by atoms with E-state index >= 15 is 0 Å². The average molecular weight is 394 g/mol. The average Bonchev–Trinajstić information content (AvgIpc) is 2.64. The summed E-state index contributed by atoms with van der Waals surface area (Å²) >= 11 is 0. The molecule has 0 saturated carbocycles. The van der Waals surface area contributed by atoms with E-state index in [1.54, 1.807) is 30.3 Å². The normalized spacial score (nSPS) is 12.2. The number of anilines is 1. The first-order valence-corrected chi connectivity index (χ1v) is 8.18. The molecule has 1 atom stereocenters. The van der Waals surface area contributed by atoms with E-state index in [0.29, 0.717) is 16.8 Å². The summed E-state index contributed by atoms with van der Waals surface area (Å²) < 4.78 is 38.2. The summed E-state index contributed by atoms with van der Waals surface area (Å²) in [5.41, 5.74) is 1.18. The summed E-state index contributed by atoms with van der Waals surface area (Å²) in [7, 11) is 0. The monoisotopic (exact) mass is 394 g/mol. The number of halogens is 3. The number of carboxylic acid groups (broad SMARTS) is 1. The van der Waals surface area contributed by atoms with Crippen LogP contribution in [0.4, 0.5) is 18.9 Å². The van der Waals surface area contributed by atoms with Gasteiger partial charge in [-0.25, -0.2) is 0 Å². The van der Waals surface area contributed by atoms with Gasteiger partial charge in [0, 0.05) is 16.8 Å². The van der Waals surface area contributed by atoms with Crippen LogP contribution in [-0.2, 0) is 9.59 Å². The van der Waals surface area contributed by atoms with Crippen LogP contribution in [0.25, 0.3) is 0 Å². The number of nitrogens with one attached hydrogen (secondary N) is 2. The fourth-order valence-electron chi connectivity index (χ4n) is 2.36. The van der Waals surface area contributed by atoms with Crippen LogP contribution in [0.3, 0.4) is 0 Å². The lowest BCUT2D eigenvalue weighted by Crippen LogP contribution is -2.46. The molecular formula is C19H17F3N2O4. The van der Waals surface area contributed by atoms with E-state index < -0.39 is 37.1 Å². The molecule has 1 amide bonds. The molecule has 2 rings (SSSR count). The van der Waals surface area contributed by atoms with Gasteiger partial charge in [0.1, 0.15) is 6.04 Å². The molecule has 0 aliphatic rings. The predicted octanol–water partition coefficient (Wildman–Crippen LogP) is 2.85. The highest BCUT2D eigenvalue weighted by atomic mass is 19.4. The fraction of sp³-hybridized carbons (Fsp3) is 0.211. The summed E-state index contributed by atoms with van der Waals surface area (Å²) in [6, 6.07) is 12.1. The molecule has 2 aromatic rings. The predicted molar refractivity (Wildman–Crippen MR) is 95.0 cm³/mol. The third-order valence-electron chi connectivity index (χ3n) is 3.75. The minimum absolute atomic E-state index is 0.207. The van der Waals surface area contributed by atoms with Crippen molar-refractivity contribution in [2.75, 3.05) is 11.9 Å². The second-order valence-corrected chi connectivity index (χ2v) is 5.89. The lowest BCUT2D eigenvalue weighted by Gasteiger charge is -2.19. The lowest BCUT2D eigenvalue weighted by molar-refractivity contribution is -0.167. The Hall–Kier alpha value is -3.20. The van der Waals surface area contributed by atoms with Gasteiger partial charge in [0.2, 0.25) is 5.91 Å². The summed E-state index contributed by atoms with van der Waals surface area (Å²) in [5, 5.41) is 12.8. The fourth-order valence-corrected chi connectivity index (χ4v) is 2.36. The van der Waals surface area contributed by atoms with Gasteiger partial charge in [0.25, 0.3) is 0 Å². The van der Waals surface area contributed by atoms with Gasteiger partial charge in [0.05, 0.1) is 13.0 Å². The second kappa shape index (κ2) is 9.14. The molecule has 0 aliphatic carbocycles. The number of ketones is 1. The molecule has 2 aromatic carbocycles. The third kappa shape index (κ3) is 6.20. The topological polar surface area (TPSA) is 95.5 Å². The van der Waals surface area contributed by atoms with E-state index in [1.165, 1.54) is 24.3 Å². The van der Waals surface area contributed by atoms with Crippen molar-refractivity contribution in [3.05, 3.63) is 65.7 Å². The summed E-state index contributed by atoms with van der Waals surface area (Å²) in [4.78, 5) is 34.6. The van der Waals surface area contributed by atoms with E-state index in [9.17, 15) is 27.6 Å². The summed E-state index contributed by atoms with van der Waals surface area (Å²) in [6.07, 6.45) is -5.98. The Balaban J connectivity index is 1.93. The van der Waals surface area contributed by atoms with Crippen LogP contribution >= 0.6 is 0 Å². The van der Waals surface area contributed by atoms with Gasteiger partial charge in [-0.1, -0.05) is 30.3 Å². The third-order valence-corrected chi connectivity index (χ3v) is 3.75. The van der Waals surface area contributed by atoms with Gasteiger partial charge in [-0.05, 0) is 24.3 Å². The largest absolute Gasteiger partial charge is 0.481 e. The first-order chi connectivity index (χ1) is 13.2. The minimum Gasteiger partial charge on any atom is -0.481 e. The van der Waals surface area contributed by atoms with Crippen molar-refractivity contribution in [1.29, 1.82) is 0 Å². The number of benzene rings is 2. The smallest absolute Gasteiger partial charge is 0.404 e. The molecule has 0 aliphatic heterocycles. The molecule has 0 saturated heterocycles. The Bertz CT molecular complexity index is 837. The maximum Gasteiger partial charge on any atom is 0.404 e. The Morgan fingerprint density at radius 2 is 1.50 bits per heavy atom. The number of hydrogen-bond acceptors (Lipinski definition) is 4. The van der Waals surface area contributed by atoms with Crippen LogP contribution in [0.5, 0.6) is 0 Å². The summed E-state index contributed by atoms with van der Waals surface area (Å²) in [5.74, 6) is -2.61. The van der Waals surface area contributed by atoms with Crippen LogP contribution in [-0.4, -0.2) is 41.5 Å². The van der Waals surface area contributed by atoms with E-state index in [1.807, 2.05) is 5.32 Å². The van der Waals surface area contributed by atoms with Crippen molar-refractivity contribution in [1.82, 2.24) is 5.32 Å². The number of carbonyl (C=O) groups excluding carboxylic acids is 2. The first-order valence-electron chi connectivity index (χ1n) is 8.18. The number of carboxylic acids is 1. The van der Waals surface area contributed by atoms with Gasteiger partial charge in [0.15, 0.2) is 5.78 Å².